The minimum Gasteiger partial charge on any atom is -0.398 e. The Morgan fingerprint density at radius 1 is 1.33 bits per heavy atom. The van der Waals surface area contributed by atoms with Crippen LogP contribution in [0.1, 0.15) is 0 Å². The molecule has 0 saturated heterocycles. The van der Waals surface area contributed by atoms with E-state index in [-0.39, 0.29) is 22.1 Å². The van der Waals surface area contributed by atoms with E-state index < -0.39 is 12.7 Å². The molecule has 0 fully saturated rings. The second kappa shape index (κ2) is 4.45. The molecule has 2 N–H and O–H groups in total. The van der Waals surface area contributed by atoms with Crippen molar-refractivity contribution in [3.05, 3.63) is 23.2 Å². The highest BCUT2D eigenvalue weighted by Crippen LogP contribution is 2.32. The summed E-state index contributed by atoms with van der Waals surface area (Å²) in [5, 5.41) is 10.2. The summed E-state index contributed by atoms with van der Waals surface area (Å²) in [5.41, 5.74) is 6.07. The zero-order chi connectivity index (χ0) is 13.3. The summed E-state index contributed by atoms with van der Waals surface area (Å²) in [7, 11) is 0. The van der Waals surface area contributed by atoms with Crippen molar-refractivity contribution in [3.63, 3.8) is 0 Å². The molecule has 96 valence electrons. The van der Waals surface area contributed by atoms with Gasteiger partial charge in [-0.3, -0.25) is 0 Å². The largest absolute Gasteiger partial charge is 0.408 e. The highest BCUT2D eigenvalue weighted by atomic mass is 35.5. The molecule has 0 amide bonds. The Bertz CT molecular complexity index is 545. The van der Waals surface area contributed by atoms with E-state index >= 15 is 0 Å². The van der Waals surface area contributed by atoms with Crippen molar-refractivity contribution < 1.29 is 13.2 Å². The zero-order valence-electron chi connectivity index (χ0n) is 8.82. The molecule has 0 bridgehead atoms. The van der Waals surface area contributed by atoms with Crippen LogP contribution in [0.4, 0.5) is 18.9 Å². The van der Waals surface area contributed by atoms with Crippen molar-refractivity contribution in [2.24, 2.45) is 0 Å². The minimum atomic E-state index is -4.43. The quantitative estimate of drug-likeness (QED) is 0.854. The Kier molecular flexibility index (Phi) is 3.12. The maximum Gasteiger partial charge on any atom is 0.408 e. The van der Waals surface area contributed by atoms with Gasteiger partial charge in [0, 0.05) is 5.69 Å². The van der Waals surface area contributed by atoms with Crippen LogP contribution in [0.15, 0.2) is 18.2 Å². The predicted molar refractivity (Wildman–Crippen MR) is 58.7 cm³/mol. The molecule has 0 spiro atoms. The Morgan fingerprint density at radius 2 is 2.06 bits per heavy atom. The monoisotopic (exact) mass is 277 g/mol. The van der Waals surface area contributed by atoms with E-state index in [2.05, 4.69) is 15.5 Å². The average Bonchev–Trinajstić information content (AvgIpc) is 2.63. The molecule has 2 rings (SSSR count). The summed E-state index contributed by atoms with van der Waals surface area (Å²) >= 11 is 5.89. The Balaban J connectivity index is 2.49. The lowest BCUT2D eigenvalue weighted by atomic mass is 10.1. The standard InChI is InChI=1S/C9H7ClF3N5/c10-5-2-1-3-6(14)7(5)8-15-16-17-18(8)4-9(11,12)13/h1-3H,4,14H2. The maximum atomic E-state index is 12.3. The number of hydrogen-bond acceptors (Lipinski definition) is 4. The van der Waals surface area contributed by atoms with Crippen molar-refractivity contribution in [2.45, 2.75) is 12.7 Å². The van der Waals surface area contributed by atoms with E-state index in [0.29, 0.717) is 4.68 Å². The summed E-state index contributed by atoms with van der Waals surface area (Å²) in [6, 6.07) is 4.59. The normalized spacial score (nSPS) is 11.8. The van der Waals surface area contributed by atoms with Crippen LogP contribution in [0.2, 0.25) is 5.02 Å². The lowest BCUT2D eigenvalue weighted by Crippen LogP contribution is -2.19. The van der Waals surface area contributed by atoms with E-state index in [0.717, 1.165) is 0 Å². The number of nitrogen functional groups attached to an aromatic ring is 1. The van der Waals surface area contributed by atoms with E-state index in [1.54, 1.807) is 6.07 Å². The van der Waals surface area contributed by atoms with E-state index in [4.69, 9.17) is 17.3 Å². The maximum absolute atomic E-state index is 12.3. The van der Waals surface area contributed by atoms with Crippen LogP contribution in [-0.4, -0.2) is 26.4 Å². The molecule has 1 aromatic heterocycles. The number of nitrogens with two attached hydrogens (primary N) is 1. The number of aromatic nitrogens is 4. The first-order valence-corrected chi connectivity index (χ1v) is 5.13. The smallest absolute Gasteiger partial charge is 0.398 e. The first kappa shape index (κ1) is 12.6. The first-order chi connectivity index (χ1) is 8.38. The fraction of sp³-hybridized carbons (Fsp3) is 0.222. The Morgan fingerprint density at radius 3 is 2.67 bits per heavy atom. The Hall–Kier alpha value is -1.83. The molecular formula is C9H7ClF3N5. The SMILES string of the molecule is Nc1cccc(Cl)c1-c1nnnn1CC(F)(F)F. The molecule has 18 heavy (non-hydrogen) atoms. The number of anilines is 1. The molecule has 0 aliphatic rings. The van der Waals surface area contributed by atoms with Crippen molar-refractivity contribution in [1.82, 2.24) is 20.2 Å². The molecule has 0 aliphatic heterocycles. The number of rotatable bonds is 2. The number of nitrogens with zero attached hydrogens (tertiary/aromatic N) is 4. The van der Waals surface area contributed by atoms with Crippen LogP contribution in [-0.2, 0) is 6.54 Å². The van der Waals surface area contributed by atoms with Crippen molar-refractivity contribution in [3.8, 4) is 11.4 Å². The second-order valence-corrected chi connectivity index (χ2v) is 3.89. The summed E-state index contributed by atoms with van der Waals surface area (Å²) in [6.07, 6.45) is -4.43. The van der Waals surface area contributed by atoms with E-state index in [1.807, 2.05) is 0 Å². The molecular weight excluding hydrogens is 271 g/mol. The van der Waals surface area contributed by atoms with Gasteiger partial charge in [0.05, 0.1) is 10.6 Å². The van der Waals surface area contributed by atoms with Crippen LogP contribution >= 0.6 is 11.6 Å². The third-order valence-corrected chi connectivity index (χ3v) is 2.45. The van der Waals surface area contributed by atoms with Gasteiger partial charge in [-0.25, -0.2) is 4.68 Å². The van der Waals surface area contributed by atoms with Crippen molar-refractivity contribution in [1.29, 1.82) is 0 Å². The first-order valence-electron chi connectivity index (χ1n) is 4.76. The summed E-state index contributed by atoms with van der Waals surface area (Å²) in [5.74, 6) is -0.115. The van der Waals surface area contributed by atoms with Crippen LogP contribution in [0, 0.1) is 0 Å². The third kappa shape index (κ3) is 2.53. The molecule has 5 nitrogen and oxygen atoms in total. The molecule has 1 heterocycles. The third-order valence-electron chi connectivity index (χ3n) is 2.13. The number of tetrazole rings is 1. The molecule has 0 aliphatic carbocycles. The van der Waals surface area contributed by atoms with Crippen LogP contribution in [0.25, 0.3) is 11.4 Å². The van der Waals surface area contributed by atoms with Gasteiger partial charge in [-0.2, -0.15) is 13.2 Å². The van der Waals surface area contributed by atoms with Gasteiger partial charge >= 0.3 is 6.18 Å². The lowest BCUT2D eigenvalue weighted by molar-refractivity contribution is -0.142. The summed E-state index contributed by atoms with van der Waals surface area (Å²) in [4.78, 5) is 0. The molecule has 0 saturated carbocycles. The summed E-state index contributed by atoms with van der Waals surface area (Å²) < 4.78 is 37.6. The molecule has 1 aromatic carbocycles. The Labute approximate surface area is 104 Å². The second-order valence-electron chi connectivity index (χ2n) is 3.48. The minimum absolute atomic E-state index is 0.115. The molecule has 0 radical (unpaired) electrons. The topological polar surface area (TPSA) is 69.6 Å². The van der Waals surface area contributed by atoms with Crippen LogP contribution in [0.3, 0.4) is 0 Å². The average molecular weight is 278 g/mol. The van der Waals surface area contributed by atoms with Gasteiger partial charge in [-0.15, -0.1) is 5.10 Å². The lowest BCUT2D eigenvalue weighted by Gasteiger charge is -2.10. The number of benzene rings is 1. The summed E-state index contributed by atoms with van der Waals surface area (Å²) in [6.45, 7) is -1.31. The van der Waals surface area contributed by atoms with Gasteiger partial charge in [0.2, 0.25) is 0 Å². The van der Waals surface area contributed by atoms with Gasteiger partial charge in [0.15, 0.2) is 5.82 Å². The van der Waals surface area contributed by atoms with Gasteiger partial charge in [-0.1, -0.05) is 17.7 Å². The van der Waals surface area contributed by atoms with E-state index in [1.165, 1.54) is 12.1 Å². The van der Waals surface area contributed by atoms with Crippen LogP contribution in [0.5, 0.6) is 0 Å². The molecule has 2 aromatic rings. The highest BCUT2D eigenvalue weighted by Gasteiger charge is 2.31. The van der Waals surface area contributed by atoms with Gasteiger partial charge < -0.3 is 5.73 Å². The molecule has 0 unspecified atom stereocenters. The fourth-order valence-electron chi connectivity index (χ4n) is 1.44. The van der Waals surface area contributed by atoms with Gasteiger partial charge in [-0.05, 0) is 22.6 Å². The number of hydrogen-bond donors (Lipinski definition) is 1. The molecule has 0 atom stereocenters. The molecule has 9 heteroatoms. The van der Waals surface area contributed by atoms with Gasteiger partial charge in [0.25, 0.3) is 0 Å². The highest BCUT2D eigenvalue weighted by molar-refractivity contribution is 6.33. The predicted octanol–water partition coefficient (Wildman–Crippen LogP) is 2.14. The van der Waals surface area contributed by atoms with Crippen LogP contribution < -0.4 is 5.73 Å². The van der Waals surface area contributed by atoms with Gasteiger partial charge in [0.1, 0.15) is 6.54 Å². The number of alkyl halides is 3. The zero-order valence-corrected chi connectivity index (χ0v) is 9.57. The van der Waals surface area contributed by atoms with Crippen molar-refractivity contribution >= 4 is 17.3 Å². The van der Waals surface area contributed by atoms with E-state index in [9.17, 15) is 13.2 Å². The fourth-order valence-corrected chi connectivity index (χ4v) is 1.70. The number of halogens is 4. The van der Waals surface area contributed by atoms with Crippen molar-refractivity contribution in [2.75, 3.05) is 5.73 Å².